The standard InChI is InChI=1S/C17H26ClN/c1-13(2)19-12-16(15-5-3-4-6-15)11-14-7-9-17(18)10-8-14/h7-10,13,15-16,19H,3-6,11-12H2,1-2H3. The third-order valence-electron chi connectivity index (χ3n) is 4.27. The molecule has 0 aliphatic heterocycles. The van der Waals surface area contributed by atoms with Gasteiger partial charge in [0, 0.05) is 11.1 Å². The van der Waals surface area contributed by atoms with Crippen molar-refractivity contribution < 1.29 is 0 Å². The zero-order chi connectivity index (χ0) is 13.7. The van der Waals surface area contributed by atoms with Gasteiger partial charge in [-0.15, -0.1) is 0 Å². The van der Waals surface area contributed by atoms with Crippen LogP contribution in [-0.4, -0.2) is 12.6 Å². The summed E-state index contributed by atoms with van der Waals surface area (Å²) < 4.78 is 0. The summed E-state index contributed by atoms with van der Waals surface area (Å²) in [7, 11) is 0. The maximum absolute atomic E-state index is 5.97. The molecule has 19 heavy (non-hydrogen) atoms. The average molecular weight is 280 g/mol. The summed E-state index contributed by atoms with van der Waals surface area (Å²) in [6, 6.07) is 8.96. The van der Waals surface area contributed by atoms with Gasteiger partial charge in [0.05, 0.1) is 0 Å². The van der Waals surface area contributed by atoms with Crippen LogP contribution < -0.4 is 5.32 Å². The second-order valence-corrected chi connectivity index (χ2v) is 6.63. The maximum atomic E-state index is 5.97. The van der Waals surface area contributed by atoms with Crippen molar-refractivity contribution in [3.63, 3.8) is 0 Å². The van der Waals surface area contributed by atoms with E-state index < -0.39 is 0 Å². The maximum Gasteiger partial charge on any atom is 0.0406 e. The molecule has 1 unspecified atom stereocenters. The molecule has 1 aromatic rings. The minimum atomic E-state index is 0.578. The van der Waals surface area contributed by atoms with Gasteiger partial charge in [0.2, 0.25) is 0 Å². The lowest BCUT2D eigenvalue weighted by Crippen LogP contribution is -2.33. The van der Waals surface area contributed by atoms with Gasteiger partial charge in [-0.2, -0.15) is 0 Å². The molecule has 1 aromatic carbocycles. The van der Waals surface area contributed by atoms with Gasteiger partial charge in [-0.3, -0.25) is 0 Å². The minimum Gasteiger partial charge on any atom is -0.314 e. The molecular formula is C17H26ClN. The Balaban J connectivity index is 1.97. The van der Waals surface area contributed by atoms with Crippen molar-refractivity contribution in [2.75, 3.05) is 6.54 Å². The highest BCUT2D eigenvalue weighted by molar-refractivity contribution is 6.30. The van der Waals surface area contributed by atoms with Gasteiger partial charge in [-0.25, -0.2) is 0 Å². The predicted octanol–water partition coefficient (Wildman–Crippen LogP) is 4.69. The summed E-state index contributed by atoms with van der Waals surface area (Å²) in [6.07, 6.45) is 6.85. The van der Waals surface area contributed by atoms with Gasteiger partial charge < -0.3 is 5.32 Å². The number of nitrogens with one attached hydrogen (secondary N) is 1. The van der Waals surface area contributed by atoms with Gasteiger partial charge in [0.1, 0.15) is 0 Å². The first kappa shape index (κ1) is 14.9. The fourth-order valence-corrected chi connectivity index (χ4v) is 3.27. The Morgan fingerprint density at radius 2 is 1.79 bits per heavy atom. The van der Waals surface area contributed by atoms with Crippen LogP contribution in [0.1, 0.15) is 45.1 Å². The Kier molecular flexibility index (Phi) is 5.72. The molecule has 0 bridgehead atoms. The second kappa shape index (κ2) is 7.31. The van der Waals surface area contributed by atoms with Crippen molar-refractivity contribution in [2.45, 2.75) is 52.0 Å². The first-order valence-electron chi connectivity index (χ1n) is 7.63. The quantitative estimate of drug-likeness (QED) is 0.797. The SMILES string of the molecule is CC(C)NCC(Cc1ccc(Cl)cc1)C1CCCC1. The molecule has 106 valence electrons. The van der Waals surface area contributed by atoms with Crippen LogP contribution in [-0.2, 0) is 6.42 Å². The largest absolute Gasteiger partial charge is 0.314 e. The van der Waals surface area contributed by atoms with Gasteiger partial charge in [-0.05, 0) is 42.5 Å². The van der Waals surface area contributed by atoms with E-state index in [9.17, 15) is 0 Å². The molecule has 1 N–H and O–H groups in total. The Hall–Kier alpha value is -0.530. The van der Waals surface area contributed by atoms with Crippen molar-refractivity contribution in [3.05, 3.63) is 34.9 Å². The van der Waals surface area contributed by atoms with Crippen LogP contribution >= 0.6 is 11.6 Å². The zero-order valence-electron chi connectivity index (χ0n) is 12.2. The van der Waals surface area contributed by atoms with E-state index in [1.807, 2.05) is 12.1 Å². The summed E-state index contributed by atoms with van der Waals surface area (Å²) in [4.78, 5) is 0. The van der Waals surface area contributed by atoms with Crippen molar-refractivity contribution in [2.24, 2.45) is 11.8 Å². The van der Waals surface area contributed by atoms with E-state index in [2.05, 4.69) is 31.3 Å². The number of rotatable bonds is 6. The molecule has 0 heterocycles. The van der Waals surface area contributed by atoms with E-state index >= 15 is 0 Å². The molecule has 1 atom stereocenters. The summed E-state index contributed by atoms with van der Waals surface area (Å²) in [5, 5.41) is 4.46. The highest BCUT2D eigenvalue weighted by Gasteiger charge is 2.25. The number of benzene rings is 1. The molecule has 0 saturated heterocycles. The molecule has 1 fully saturated rings. The lowest BCUT2D eigenvalue weighted by molar-refractivity contribution is 0.313. The van der Waals surface area contributed by atoms with Crippen molar-refractivity contribution >= 4 is 11.6 Å². The number of hydrogen-bond acceptors (Lipinski definition) is 1. The molecule has 1 saturated carbocycles. The van der Waals surface area contributed by atoms with Crippen LogP contribution in [0.2, 0.25) is 5.02 Å². The first-order valence-corrected chi connectivity index (χ1v) is 8.01. The van der Waals surface area contributed by atoms with Crippen LogP contribution in [0, 0.1) is 11.8 Å². The van der Waals surface area contributed by atoms with E-state index in [0.717, 1.165) is 23.4 Å². The molecule has 1 aliphatic rings. The average Bonchev–Trinajstić information content (AvgIpc) is 2.90. The number of hydrogen-bond donors (Lipinski definition) is 1. The Labute approximate surface area is 122 Å². The van der Waals surface area contributed by atoms with Crippen LogP contribution in [0.5, 0.6) is 0 Å². The fraction of sp³-hybridized carbons (Fsp3) is 0.647. The molecule has 0 aromatic heterocycles. The third kappa shape index (κ3) is 4.81. The topological polar surface area (TPSA) is 12.0 Å². The number of halogens is 1. The summed E-state index contributed by atoms with van der Waals surface area (Å²) in [5.74, 6) is 1.67. The summed E-state index contributed by atoms with van der Waals surface area (Å²) in [5.41, 5.74) is 1.42. The van der Waals surface area contributed by atoms with Crippen LogP contribution in [0.4, 0.5) is 0 Å². The molecule has 1 nitrogen and oxygen atoms in total. The van der Waals surface area contributed by atoms with Crippen molar-refractivity contribution in [3.8, 4) is 0 Å². The Morgan fingerprint density at radius 3 is 2.37 bits per heavy atom. The molecular weight excluding hydrogens is 254 g/mol. The molecule has 1 aliphatic carbocycles. The predicted molar refractivity (Wildman–Crippen MR) is 83.7 cm³/mol. The van der Waals surface area contributed by atoms with Crippen molar-refractivity contribution in [1.29, 1.82) is 0 Å². The molecule has 0 amide bonds. The monoisotopic (exact) mass is 279 g/mol. The first-order chi connectivity index (χ1) is 9.15. The molecule has 0 spiro atoms. The Morgan fingerprint density at radius 1 is 1.16 bits per heavy atom. The van der Waals surface area contributed by atoms with E-state index in [1.165, 1.54) is 37.7 Å². The highest BCUT2D eigenvalue weighted by Crippen LogP contribution is 2.33. The Bertz CT molecular complexity index is 365. The minimum absolute atomic E-state index is 0.578. The van der Waals surface area contributed by atoms with E-state index in [1.54, 1.807) is 0 Å². The molecule has 2 heteroatoms. The lowest BCUT2D eigenvalue weighted by Gasteiger charge is -2.25. The lowest BCUT2D eigenvalue weighted by atomic mass is 9.85. The van der Waals surface area contributed by atoms with E-state index in [-0.39, 0.29) is 0 Å². The van der Waals surface area contributed by atoms with E-state index in [4.69, 9.17) is 11.6 Å². The van der Waals surface area contributed by atoms with Crippen LogP contribution in [0.15, 0.2) is 24.3 Å². The normalized spacial score (nSPS) is 18.1. The smallest absolute Gasteiger partial charge is 0.0406 e. The van der Waals surface area contributed by atoms with Crippen molar-refractivity contribution in [1.82, 2.24) is 5.32 Å². The third-order valence-corrected chi connectivity index (χ3v) is 4.52. The summed E-state index contributed by atoms with van der Waals surface area (Å²) in [6.45, 7) is 5.60. The zero-order valence-corrected chi connectivity index (χ0v) is 12.9. The fourth-order valence-electron chi connectivity index (χ4n) is 3.14. The van der Waals surface area contributed by atoms with Gasteiger partial charge in [-0.1, -0.05) is 63.3 Å². The highest BCUT2D eigenvalue weighted by atomic mass is 35.5. The van der Waals surface area contributed by atoms with E-state index in [0.29, 0.717) is 6.04 Å². The molecule has 0 radical (unpaired) electrons. The second-order valence-electron chi connectivity index (χ2n) is 6.20. The van der Waals surface area contributed by atoms with Gasteiger partial charge in [0.25, 0.3) is 0 Å². The van der Waals surface area contributed by atoms with Gasteiger partial charge in [0.15, 0.2) is 0 Å². The van der Waals surface area contributed by atoms with Crippen LogP contribution in [0.25, 0.3) is 0 Å². The summed E-state index contributed by atoms with van der Waals surface area (Å²) >= 11 is 5.97. The molecule has 2 rings (SSSR count). The van der Waals surface area contributed by atoms with Crippen LogP contribution in [0.3, 0.4) is 0 Å². The van der Waals surface area contributed by atoms with Gasteiger partial charge >= 0.3 is 0 Å².